The second-order valence-corrected chi connectivity index (χ2v) is 19.5. The summed E-state index contributed by atoms with van der Waals surface area (Å²) >= 11 is 5.93. The number of rotatable bonds is 12. The topological polar surface area (TPSA) is 48.0 Å². The van der Waals surface area contributed by atoms with Crippen LogP contribution in [0.3, 0.4) is 0 Å². The maximum Gasteiger partial charge on any atom is 0.267 e. The molecule has 246 valence electrons. The predicted molar refractivity (Wildman–Crippen MR) is 192 cm³/mol. The van der Waals surface area contributed by atoms with Crippen molar-refractivity contribution in [2.24, 2.45) is 0 Å². The number of carbonyl (C=O) groups is 1. The molecule has 0 radical (unpaired) electrons. The minimum Gasteiger partial charge on any atom is -0.452 e. The van der Waals surface area contributed by atoms with Crippen molar-refractivity contribution in [1.29, 1.82) is 0 Å². The monoisotopic (exact) mass is 657 g/mol. The van der Waals surface area contributed by atoms with Gasteiger partial charge in [-0.1, -0.05) is 132 Å². The Balaban J connectivity index is 1.42. The molecule has 0 aliphatic carbocycles. The van der Waals surface area contributed by atoms with E-state index in [9.17, 15) is 4.79 Å². The molecule has 5 rings (SSSR count). The first-order chi connectivity index (χ1) is 22.0. The molecule has 2 aliphatic heterocycles. The molecular weight excluding hydrogens is 607 g/mol. The Morgan fingerprint density at radius 2 is 1.52 bits per heavy atom. The van der Waals surface area contributed by atoms with Crippen LogP contribution in [0.15, 0.2) is 91.0 Å². The zero-order valence-electron chi connectivity index (χ0n) is 28.4. The fourth-order valence-electron chi connectivity index (χ4n) is 6.68. The number of thiocarbonyl (C=S) groups is 1. The maximum absolute atomic E-state index is 14.4. The summed E-state index contributed by atoms with van der Waals surface area (Å²) in [6, 6.07) is 30.3. The normalized spacial score (nSPS) is 22.1. The molecule has 0 unspecified atom stereocenters. The van der Waals surface area contributed by atoms with E-state index in [1.807, 2.05) is 54.6 Å². The number of unbranched alkanes of at least 4 members (excludes halogenated alkanes) is 1. The Morgan fingerprint density at radius 1 is 0.957 bits per heavy atom. The highest BCUT2D eigenvalue weighted by Gasteiger charge is 2.56. The van der Waals surface area contributed by atoms with Crippen molar-refractivity contribution < 1.29 is 18.7 Å². The van der Waals surface area contributed by atoms with Gasteiger partial charge in [-0.05, 0) is 61.6 Å². The number of ether oxygens (including phenoxy) is 2. The van der Waals surface area contributed by atoms with Crippen molar-refractivity contribution in [1.82, 2.24) is 4.90 Å². The summed E-state index contributed by atoms with van der Waals surface area (Å²) in [6.07, 6.45) is 5.62. The van der Waals surface area contributed by atoms with Crippen molar-refractivity contribution in [3.63, 3.8) is 0 Å². The van der Waals surface area contributed by atoms with Gasteiger partial charge in [0, 0.05) is 11.1 Å². The van der Waals surface area contributed by atoms with Gasteiger partial charge in [0.05, 0.1) is 30.8 Å². The van der Waals surface area contributed by atoms with Gasteiger partial charge < -0.3 is 13.9 Å². The number of hydrogen-bond donors (Lipinski definition) is 0. The van der Waals surface area contributed by atoms with Crippen molar-refractivity contribution >= 4 is 31.6 Å². The van der Waals surface area contributed by atoms with Crippen LogP contribution in [-0.4, -0.2) is 48.7 Å². The van der Waals surface area contributed by atoms with Crippen LogP contribution in [-0.2, 0) is 30.7 Å². The summed E-state index contributed by atoms with van der Waals surface area (Å²) in [5.41, 5.74) is 2.11. The van der Waals surface area contributed by atoms with E-state index in [-0.39, 0.29) is 46.9 Å². The molecule has 0 aromatic heterocycles. The molecule has 0 N–H and O–H groups in total. The molecule has 46 heavy (non-hydrogen) atoms. The van der Waals surface area contributed by atoms with Gasteiger partial charge in [-0.15, -0.1) is 0 Å². The number of benzene rings is 3. The molecular formula is C39H51NO4SSi. The van der Waals surface area contributed by atoms with Crippen LogP contribution >= 0.6 is 12.2 Å². The van der Waals surface area contributed by atoms with Crippen molar-refractivity contribution in [2.45, 2.75) is 121 Å². The van der Waals surface area contributed by atoms with Gasteiger partial charge in [0.2, 0.25) is 5.91 Å². The Kier molecular flexibility index (Phi) is 10.9. The number of nitrogens with zero attached hydrogens (tertiary/aromatic N) is 1. The van der Waals surface area contributed by atoms with E-state index in [0.717, 1.165) is 48.8 Å². The van der Waals surface area contributed by atoms with E-state index in [2.05, 4.69) is 77.2 Å². The molecule has 7 heteroatoms. The van der Waals surface area contributed by atoms with Crippen LogP contribution in [0.1, 0.15) is 82.9 Å². The quantitative estimate of drug-likeness (QED) is 0.144. The third-order valence-corrected chi connectivity index (χ3v) is 15.0. The molecule has 2 heterocycles. The third-order valence-electron chi connectivity index (χ3n) is 10.2. The SMILES string of the molecule is CCCC[C@H](O[Si](C)(C)C(C)(C)C)[C@@H]1CC[C@@H](CC(=O)N2C(=S)OC(c3ccccc3)(c3ccccc3)[C@H]2Cc2ccccc2)O1. The summed E-state index contributed by atoms with van der Waals surface area (Å²) in [5.74, 6) is -0.0549. The molecule has 4 atom stereocenters. The van der Waals surface area contributed by atoms with Gasteiger partial charge >= 0.3 is 0 Å². The maximum atomic E-state index is 14.4. The van der Waals surface area contributed by atoms with Crippen molar-refractivity contribution in [3.8, 4) is 0 Å². The van der Waals surface area contributed by atoms with E-state index >= 15 is 0 Å². The van der Waals surface area contributed by atoms with Gasteiger partial charge in [0.1, 0.15) is 0 Å². The van der Waals surface area contributed by atoms with Gasteiger partial charge in [-0.2, -0.15) is 0 Å². The minimum absolute atomic E-state index is 0.00639. The number of amides is 1. The zero-order valence-corrected chi connectivity index (χ0v) is 30.2. The van der Waals surface area contributed by atoms with Crippen LogP contribution in [0.5, 0.6) is 0 Å². The lowest BCUT2D eigenvalue weighted by molar-refractivity contribution is -0.132. The van der Waals surface area contributed by atoms with Crippen LogP contribution in [0.4, 0.5) is 0 Å². The second-order valence-electron chi connectivity index (χ2n) is 14.4. The Bertz CT molecular complexity index is 1400. The molecule has 3 aromatic rings. The summed E-state index contributed by atoms with van der Waals surface area (Å²) in [5, 5.41) is 0.338. The average Bonchev–Trinajstić information content (AvgIpc) is 3.62. The van der Waals surface area contributed by atoms with Gasteiger partial charge in [-0.3, -0.25) is 9.69 Å². The molecule has 0 bridgehead atoms. The van der Waals surface area contributed by atoms with E-state index in [1.165, 1.54) is 0 Å². The molecule has 0 saturated carbocycles. The molecule has 1 amide bonds. The van der Waals surface area contributed by atoms with Gasteiger partial charge in [0.25, 0.3) is 5.17 Å². The van der Waals surface area contributed by atoms with Crippen LogP contribution in [0, 0.1) is 0 Å². The molecule has 3 aromatic carbocycles. The second kappa shape index (κ2) is 14.5. The molecule has 2 saturated heterocycles. The molecule has 5 nitrogen and oxygen atoms in total. The summed E-state index contributed by atoms with van der Waals surface area (Å²) in [6.45, 7) is 13.7. The number of carbonyl (C=O) groups excluding carboxylic acids is 1. The van der Waals surface area contributed by atoms with Crippen LogP contribution < -0.4 is 0 Å². The lowest BCUT2D eigenvalue weighted by Gasteiger charge is -2.41. The predicted octanol–water partition coefficient (Wildman–Crippen LogP) is 9.20. The first-order valence-corrected chi connectivity index (χ1v) is 20.3. The summed E-state index contributed by atoms with van der Waals surface area (Å²) < 4.78 is 20.4. The smallest absolute Gasteiger partial charge is 0.267 e. The fraction of sp³-hybridized carbons (Fsp3) is 0.487. The minimum atomic E-state index is -1.99. The van der Waals surface area contributed by atoms with Crippen molar-refractivity contribution in [2.75, 3.05) is 0 Å². The highest BCUT2D eigenvalue weighted by Crippen LogP contribution is 2.47. The van der Waals surface area contributed by atoms with Crippen LogP contribution in [0.2, 0.25) is 18.1 Å². The average molecular weight is 658 g/mol. The van der Waals surface area contributed by atoms with E-state index in [0.29, 0.717) is 6.42 Å². The van der Waals surface area contributed by atoms with Crippen molar-refractivity contribution in [3.05, 3.63) is 108 Å². The lowest BCUT2D eigenvalue weighted by Crippen LogP contribution is -2.49. The summed E-state index contributed by atoms with van der Waals surface area (Å²) in [4.78, 5) is 16.2. The Morgan fingerprint density at radius 3 is 2.07 bits per heavy atom. The molecule has 0 spiro atoms. The molecule has 2 aliphatic rings. The third kappa shape index (κ3) is 7.33. The highest BCUT2D eigenvalue weighted by atomic mass is 32.1. The largest absolute Gasteiger partial charge is 0.452 e. The van der Waals surface area contributed by atoms with E-state index < -0.39 is 13.9 Å². The Labute approximate surface area is 282 Å². The van der Waals surface area contributed by atoms with Gasteiger partial charge in [0.15, 0.2) is 13.9 Å². The standard InChI is InChI=1S/C39H51NO4SSi/c1-7-8-24-34(44-46(5,6)38(2,3)4)33-26-25-32(42-33)28-36(41)40-35(27-29-18-12-9-13-19-29)39(43-37(40)45,30-20-14-10-15-21-30)31-22-16-11-17-23-31/h9-23,32-35H,7-8,24-28H2,1-6H3/t32-,33-,34-,35+/m0/s1. The first kappa shape index (κ1) is 34.5. The first-order valence-electron chi connectivity index (χ1n) is 17.0. The fourth-order valence-corrected chi connectivity index (χ4v) is 8.42. The van der Waals surface area contributed by atoms with E-state index in [1.54, 1.807) is 4.90 Å². The number of hydrogen-bond acceptors (Lipinski definition) is 5. The van der Waals surface area contributed by atoms with Crippen LogP contribution in [0.25, 0.3) is 0 Å². The summed E-state index contributed by atoms with van der Waals surface area (Å²) in [7, 11) is -1.99. The zero-order chi connectivity index (χ0) is 33.0. The Hall–Kier alpha value is -2.84. The highest BCUT2D eigenvalue weighted by molar-refractivity contribution is 7.80. The molecule has 2 fully saturated rings. The van der Waals surface area contributed by atoms with Gasteiger partial charge in [-0.25, -0.2) is 0 Å². The lowest BCUT2D eigenvalue weighted by atomic mass is 9.77. The van der Waals surface area contributed by atoms with E-state index in [4.69, 9.17) is 26.1 Å².